The van der Waals surface area contributed by atoms with Crippen molar-refractivity contribution < 1.29 is 38.2 Å². The van der Waals surface area contributed by atoms with E-state index in [9.17, 15) is 28.8 Å². The smallest absolute Gasteiger partial charge is 0.252 e. The summed E-state index contributed by atoms with van der Waals surface area (Å²) in [6.07, 6.45) is 3.74. The van der Waals surface area contributed by atoms with Gasteiger partial charge in [-0.05, 0) is 98.7 Å². The second-order valence-corrected chi connectivity index (χ2v) is 16.3. The van der Waals surface area contributed by atoms with Crippen LogP contribution in [0.4, 0.5) is 0 Å². The highest BCUT2D eigenvalue weighted by molar-refractivity contribution is 6.00. The van der Waals surface area contributed by atoms with Gasteiger partial charge < -0.3 is 58.2 Å². The number of carbonyl (C=O) groups excluding carboxylic acids is 6. The molecule has 1 aliphatic heterocycles. The fraction of sp³-hybridized carbons (Fsp3) is 0.479. The van der Waals surface area contributed by atoms with Gasteiger partial charge in [0.1, 0.15) is 61.5 Å². The number of fused-ring (bicyclic) bond motifs is 5. The Hall–Kier alpha value is -6.55. The average Bonchev–Trinajstić information content (AvgIpc) is 3.30. The van der Waals surface area contributed by atoms with Gasteiger partial charge in [0, 0.05) is 43.2 Å². The molecule has 4 bridgehead atoms. The molecule has 18 heteroatoms. The fourth-order valence-corrected chi connectivity index (χ4v) is 7.71. The summed E-state index contributed by atoms with van der Waals surface area (Å²) < 4.78 is 12.2. The standard InChI is InChI=1S/C48H66N10O8/c1-6-8-10-31-11-14-34(29(3)25-31)44(60)55-37(9-7-2)46(62)56-38(17-18-49)48(64)58(5)42-33-13-16-41(66-24-21-52)36(28-33)35-26-32(12-15-40(35)65-23-20-51)27-39(45(61)53-22-19-50)57-43(59)30(4)54-47(42)63/h11-16,25-26,28,30,37-39,42H,6-10,17-18,20-24,27,49,51-52H2,1-5H3,(H,53,61)(H,54,63)(H,55,60)(H,56,62)(H,57,59)/t30-,37+,38-,39-,42-/m0/s1. The SMILES string of the molecule is CCCCc1ccc(C(=O)N[C@H](CCC)C(=O)N[C@@H](CCN)C(=O)N(C)[C@@H]2C(=O)N[C@@H](C)C(=O)N[C@H](C(=O)NCC#N)Cc3ccc(OCCN)c(c3)-c3cc2ccc3OCCN)c(C)c1. The Labute approximate surface area is 387 Å². The van der Waals surface area contributed by atoms with Crippen molar-refractivity contribution in [1.82, 2.24) is 31.5 Å². The third-order valence-corrected chi connectivity index (χ3v) is 11.2. The molecule has 3 aromatic rings. The van der Waals surface area contributed by atoms with Crippen molar-refractivity contribution in [3.05, 3.63) is 82.4 Å². The number of nitriles is 1. The topological polar surface area (TPSA) is 286 Å². The number of carbonyl (C=O) groups is 6. The van der Waals surface area contributed by atoms with Crippen LogP contribution in [0, 0.1) is 18.3 Å². The summed E-state index contributed by atoms with van der Waals surface area (Å²) in [4.78, 5) is 85.2. The maximum Gasteiger partial charge on any atom is 0.252 e. The highest BCUT2D eigenvalue weighted by Gasteiger charge is 2.37. The summed E-state index contributed by atoms with van der Waals surface area (Å²) in [6.45, 7) is 7.59. The first-order valence-electron chi connectivity index (χ1n) is 22.6. The lowest BCUT2D eigenvalue weighted by Gasteiger charge is -2.33. The summed E-state index contributed by atoms with van der Waals surface area (Å²) in [5.74, 6) is -3.07. The van der Waals surface area contributed by atoms with Gasteiger partial charge in [-0.2, -0.15) is 5.26 Å². The first-order chi connectivity index (χ1) is 31.7. The second-order valence-electron chi connectivity index (χ2n) is 16.3. The molecule has 0 aromatic heterocycles. The Bertz CT molecular complexity index is 2230. The molecule has 0 saturated heterocycles. The van der Waals surface area contributed by atoms with E-state index in [1.807, 2.05) is 32.0 Å². The van der Waals surface area contributed by atoms with Crippen molar-refractivity contribution >= 4 is 35.4 Å². The van der Waals surface area contributed by atoms with Gasteiger partial charge in [-0.3, -0.25) is 28.8 Å². The van der Waals surface area contributed by atoms with Crippen molar-refractivity contribution in [2.45, 2.75) is 103 Å². The summed E-state index contributed by atoms with van der Waals surface area (Å²) in [5.41, 5.74) is 21.8. The quantitative estimate of drug-likeness (QED) is 0.0711. The van der Waals surface area contributed by atoms with Crippen LogP contribution in [0.3, 0.4) is 0 Å². The molecule has 4 rings (SSSR count). The van der Waals surface area contributed by atoms with Crippen molar-refractivity contribution in [1.29, 1.82) is 5.26 Å². The van der Waals surface area contributed by atoms with Crippen LogP contribution >= 0.6 is 0 Å². The van der Waals surface area contributed by atoms with Crippen LogP contribution in [0.15, 0.2) is 54.6 Å². The van der Waals surface area contributed by atoms with Crippen molar-refractivity contribution in [2.75, 3.05) is 46.4 Å². The number of benzene rings is 3. The molecule has 0 spiro atoms. The lowest BCUT2D eigenvalue weighted by Crippen LogP contribution is -2.57. The molecule has 6 amide bonds. The summed E-state index contributed by atoms with van der Waals surface area (Å²) in [7, 11) is 1.40. The average molecular weight is 911 g/mol. The molecular formula is C48H66N10O8. The molecule has 0 saturated carbocycles. The number of hydrogen-bond acceptors (Lipinski definition) is 12. The Morgan fingerprint density at radius 2 is 1.53 bits per heavy atom. The third-order valence-electron chi connectivity index (χ3n) is 11.2. The minimum absolute atomic E-state index is 0.00467. The van der Waals surface area contributed by atoms with E-state index in [-0.39, 0.29) is 58.7 Å². The molecule has 0 radical (unpaired) electrons. The lowest BCUT2D eigenvalue weighted by atomic mass is 9.93. The van der Waals surface area contributed by atoms with Crippen LogP contribution in [-0.2, 0) is 36.8 Å². The van der Waals surface area contributed by atoms with Crippen LogP contribution in [0.1, 0.15) is 91.5 Å². The van der Waals surface area contributed by atoms with Gasteiger partial charge in [0.05, 0.1) is 6.07 Å². The predicted octanol–water partition coefficient (Wildman–Crippen LogP) is 1.80. The third kappa shape index (κ3) is 14.0. The van der Waals surface area contributed by atoms with Gasteiger partial charge in [-0.15, -0.1) is 0 Å². The van der Waals surface area contributed by atoms with E-state index in [1.165, 1.54) is 18.9 Å². The molecule has 5 atom stereocenters. The Balaban J connectivity index is 1.78. The largest absolute Gasteiger partial charge is 0.492 e. The molecule has 66 heavy (non-hydrogen) atoms. The number of ether oxygens (including phenoxy) is 2. The predicted molar refractivity (Wildman–Crippen MR) is 250 cm³/mol. The van der Waals surface area contributed by atoms with Crippen LogP contribution in [0.5, 0.6) is 11.5 Å². The van der Waals surface area contributed by atoms with E-state index in [0.717, 1.165) is 30.4 Å². The monoisotopic (exact) mass is 911 g/mol. The van der Waals surface area contributed by atoms with Gasteiger partial charge in [0.2, 0.25) is 29.5 Å². The number of amides is 6. The Morgan fingerprint density at radius 1 is 0.848 bits per heavy atom. The molecule has 356 valence electrons. The van der Waals surface area contributed by atoms with E-state index in [2.05, 4.69) is 33.5 Å². The maximum atomic E-state index is 14.7. The fourth-order valence-electron chi connectivity index (χ4n) is 7.71. The van der Waals surface area contributed by atoms with E-state index in [1.54, 1.807) is 42.5 Å². The normalized spacial score (nSPS) is 16.8. The van der Waals surface area contributed by atoms with Crippen molar-refractivity contribution in [3.63, 3.8) is 0 Å². The summed E-state index contributed by atoms with van der Waals surface area (Å²) >= 11 is 0. The van der Waals surface area contributed by atoms with Gasteiger partial charge >= 0.3 is 0 Å². The zero-order chi connectivity index (χ0) is 48.3. The number of likely N-dealkylation sites (N-methyl/N-ethyl adjacent to an activating group) is 1. The molecule has 11 N–H and O–H groups in total. The van der Waals surface area contributed by atoms with Gasteiger partial charge in [-0.1, -0.05) is 51.0 Å². The highest BCUT2D eigenvalue weighted by atomic mass is 16.5. The minimum Gasteiger partial charge on any atom is -0.492 e. The minimum atomic E-state index is -1.42. The molecule has 0 aliphatic carbocycles. The number of hydrogen-bond donors (Lipinski definition) is 8. The Kier molecular flexibility index (Phi) is 20.4. The maximum absolute atomic E-state index is 14.7. The number of nitrogens with two attached hydrogens (primary N) is 3. The first kappa shape index (κ1) is 52.1. The first-order valence-corrected chi connectivity index (χ1v) is 22.6. The zero-order valence-corrected chi connectivity index (χ0v) is 38.7. The molecular weight excluding hydrogens is 845 g/mol. The van der Waals surface area contributed by atoms with Crippen LogP contribution < -0.4 is 53.3 Å². The Morgan fingerprint density at radius 3 is 2.15 bits per heavy atom. The highest BCUT2D eigenvalue weighted by Crippen LogP contribution is 2.40. The van der Waals surface area contributed by atoms with Gasteiger partial charge in [0.15, 0.2) is 0 Å². The van der Waals surface area contributed by atoms with E-state index in [4.69, 9.17) is 31.9 Å². The number of nitrogens with one attached hydrogen (secondary N) is 5. The van der Waals surface area contributed by atoms with E-state index >= 15 is 0 Å². The van der Waals surface area contributed by atoms with Crippen LogP contribution in [0.25, 0.3) is 11.1 Å². The molecule has 0 fully saturated rings. The van der Waals surface area contributed by atoms with Gasteiger partial charge in [0.25, 0.3) is 5.91 Å². The summed E-state index contributed by atoms with van der Waals surface area (Å²) in [6, 6.07) is 11.6. The van der Waals surface area contributed by atoms with Gasteiger partial charge in [-0.25, -0.2) is 0 Å². The van der Waals surface area contributed by atoms with Crippen LogP contribution in [-0.4, -0.2) is 111 Å². The van der Waals surface area contributed by atoms with Crippen LogP contribution in [0.2, 0.25) is 0 Å². The van der Waals surface area contributed by atoms with E-state index in [0.29, 0.717) is 45.7 Å². The number of aryl methyl sites for hydroxylation is 2. The number of rotatable bonds is 21. The summed E-state index contributed by atoms with van der Waals surface area (Å²) in [5, 5.41) is 22.7. The molecule has 1 aliphatic rings. The molecule has 18 nitrogen and oxygen atoms in total. The van der Waals surface area contributed by atoms with Crippen molar-refractivity contribution in [2.24, 2.45) is 17.2 Å². The zero-order valence-electron chi connectivity index (χ0n) is 38.7. The molecule has 3 aromatic carbocycles. The number of unbranched alkanes of at least 4 members (excludes halogenated alkanes) is 1. The van der Waals surface area contributed by atoms with Crippen molar-refractivity contribution in [3.8, 4) is 28.7 Å². The number of nitrogens with zero attached hydrogens (tertiary/aromatic N) is 2. The molecule has 0 unspecified atom stereocenters. The second kappa shape index (κ2) is 25.8. The lowest BCUT2D eigenvalue weighted by molar-refractivity contribution is -0.143. The van der Waals surface area contributed by atoms with E-state index < -0.39 is 65.7 Å². The molecule has 1 heterocycles.